The molecule has 1 amide bonds. The Labute approximate surface area is 143 Å². The lowest BCUT2D eigenvalue weighted by molar-refractivity contribution is -0.424. The highest BCUT2D eigenvalue weighted by Crippen LogP contribution is 2.49. The van der Waals surface area contributed by atoms with Crippen LogP contribution in [0.4, 0.5) is 11.5 Å². The first kappa shape index (κ1) is 17.3. The Morgan fingerprint density at radius 1 is 1.32 bits per heavy atom. The molecular weight excluding hydrogens is 330 g/mol. The van der Waals surface area contributed by atoms with Crippen LogP contribution in [0, 0.1) is 44.9 Å². The number of nitro groups is 2. The second-order valence-corrected chi connectivity index (χ2v) is 7.12. The van der Waals surface area contributed by atoms with E-state index < -0.39 is 21.4 Å². The van der Waals surface area contributed by atoms with E-state index in [1.54, 1.807) is 0 Å². The standard InChI is InChI=1S/C15H21N5O5/c1-8(12-6-10-3-4-11(12)5-10)16-13(21)7-18-9(2)14(19(22)23)15(17-18)20(24)25/h8,10-12H,3-7H2,1-2H3,(H,16,21). The summed E-state index contributed by atoms with van der Waals surface area (Å²) < 4.78 is 1.03. The maximum Gasteiger partial charge on any atom is 0.468 e. The minimum atomic E-state index is -0.905. The summed E-state index contributed by atoms with van der Waals surface area (Å²) in [6.07, 6.45) is 4.86. The molecule has 136 valence electrons. The lowest BCUT2D eigenvalue weighted by Gasteiger charge is -2.28. The van der Waals surface area contributed by atoms with Crippen LogP contribution in [-0.4, -0.2) is 31.6 Å². The SMILES string of the molecule is Cc1c([N+](=O)[O-])c([N+](=O)[O-])nn1CC(=O)NC(C)C1CC2CCC1C2. The highest BCUT2D eigenvalue weighted by molar-refractivity contribution is 5.76. The van der Waals surface area contributed by atoms with Gasteiger partial charge in [-0.1, -0.05) is 6.42 Å². The molecule has 2 aliphatic rings. The summed E-state index contributed by atoms with van der Waals surface area (Å²) >= 11 is 0. The van der Waals surface area contributed by atoms with Crippen LogP contribution in [0.5, 0.6) is 0 Å². The Morgan fingerprint density at radius 2 is 2.04 bits per heavy atom. The molecular formula is C15H21N5O5. The van der Waals surface area contributed by atoms with Gasteiger partial charge in [-0.05, 0) is 55.8 Å². The van der Waals surface area contributed by atoms with E-state index in [9.17, 15) is 25.0 Å². The molecule has 4 atom stereocenters. The Morgan fingerprint density at radius 3 is 2.52 bits per heavy atom. The van der Waals surface area contributed by atoms with Crippen molar-refractivity contribution in [1.29, 1.82) is 0 Å². The van der Waals surface area contributed by atoms with Gasteiger partial charge in [0.2, 0.25) is 5.91 Å². The summed E-state index contributed by atoms with van der Waals surface area (Å²) in [7, 11) is 0. The van der Waals surface area contributed by atoms with Crippen molar-refractivity contribution in [1.82, 2.24) is 15.1 Å². The molecule has 0 aliphatic heterocycles. The van der Waals surface area contributed by atoms with Gasteiger partial charge in [-0.25, -0.2) is 0 Å². The number of fused-ring (bicyclic) bond motifs is 2. The number of hydrogen-bond acceptors (Lipinski definition) is 6. The third-order valence-corrected chi connectivity index (χ3v) is 5.63. The average Bonchev–Trinajstić information content (AvgIpc) is 3.22. The minimum Gasteiger partial charge on any atom is -0.358 e. The zero-order chi connectivity index (χ0) is 18.3. The summed E-state index contributed by atoms with van der Waals surface area (Å²) in [4.78, 5) is 32.5. The van der Waals surface area contributed by atoms with Gasteiger partial charge in [0.15, 0.2) is 0 Å². The van der Waals surface area contributed by atoms with Crippen LogP contribution in [0.1, 0.15) is 38.3 Å². The van der Waals surface area contributed by atoms with Gasteiger partial charge < -0.3 is 15.4 Å². The van der Waals surface area contributed by atoms with Crippen molar-refractivity contribution in [3.8, 4) is 0 Å². The van der Waals surface area contributed by atoms with Crippen molar-refractivity contribution >= 4 is 17.4 Å². The normalized spacial score (nSPS) is 25.8. The lowest BCUT2D eigenvalue weighted by atomic mass is 9.84. The molecule has 1 N–H and O–H groups in total. The molecule has 2 bridgehead atoms. The predicted octanol–water partition coefficient (Wildman–Crippen LogP) is 1.95. The van der Waals surface area contributed by atoms with Crippen molar-refractivity contribution < 1.29 is 14.6 Å². The molecule has 1 heterocycles. The summed E-state index contributed by atoms with van der Waals surface area (Å²) in [6.45, 7) is 3.06. The van der Waals surface area contributed by atoms with Gasteiger partial charge in [-0.2, -0.15) is 4.68 Å². The van der Waals surface area contributed by atoms with Gasteiger partial charge in [0.05, 0.1) is 10.0 Å². The summed E-state index contributed by atoms with van der Waals surface area (Å²) in [5.41, 5.74) is -0.668. The first-order chi connectivity index (χ1) is 11.8. The maximum atomic E-state index is 12.3. The van der Waals surface area contributed by atoms with Crippen molar-refractivity contribution in [2.24, 2.45) is 17.8 Å². The van der Waals surface area contributed by atoms with Crippen LogP contribution in [0.15, 0.2) is 0 Å². The molecule has 1 aromatic rings. The van der Waals surface area contributed by atoms with E-state index in [1.807, 2.05) is 6.92 Å². The van der Waals surface area contributed by atoms with Crippen molar-refractivity contribution in [2.75, 3.05) is 0 Å². The number of rotatable bonds is 6. The molecule has 10 heteroatoms. The van der Waals surface area contributed by atoms with E-state index in [1.165, 1.54) is 26.2 Å². The summed E-state index contributed by atoms with van der Waals surface area (Å²) in [5.74, 6) is 0.717. The van der Waals surface area contributed by atoms with E-state index in [0.717, 1.165) is 17.0 Å². The van der Waals surface area contributed by atoms with Gasteiger partial charge in [-0.3, -0.25) is 14.9 Å². The fraction of sp³-hybridized carbons (Fsp3) is 0.733. The van der Waals surface area contributed by atoms with Crippen LogP contribution in [0.25, 0.3) is 0 Å². The molecule has 3 rings (SSSR count). The molecule has 0 radical (unpaired) electrons. The van der Waals surface area contributed by atoms with E-state index in [4.69, 9.17) is 0 Å². The largest absolute Gasteiger partial charge is 0.468 e. The molecule has 2 fully saturated rings. The number of carbonyl (C=O) groups is 1. The number of carbonyl (C=O) groups excluding carboxylic acids is 1. The zero-order valence-electron chi connectivity index (χ0n) is 14.2. The first-order valence-electron chi connectivity index (χ1n) is 8.43. The first-order valence-corrected chi connectivity index (χ1v) is 8.43. The number of nitrogens with zero attached hydrogens (tertiary/aromatic N) is 4. The number of hydrogen-bond donors (Lipinski definition) is 1. The minimum absolute atomic E-state index is 0.000531. The molecule has 2 saturated carbocycles. The van der Waals surface area contributed by atoms with E-state index in [0.29, 0.717) is 11.8 Å². The quantitative estimate of drug-likeness (QED) is 0.615. The average molecular weight is 351 g/mol. The van der Waals surface area contributed by atoms with E-state index in [-0.39, 0.29) is 24.2 Å². The summed E-state index contributed by atoms with van der Waals surface area (Å²) in [5, 5.41) is 28.5. The maximum absolute atomic E-state index is 12.3. The van der Waals surface area contributed by atoms with Gasteiger partial charge in [-0.15, -0.1) is 0 Å². The molecule has 0 spiro atoms. The highest BCUT2D eigenvalue weighted by atomic mass is 16.6. The smallest absolute Gasteiger partial charge is 0.358 e. The Bertz CT molecular complexity index is 730. The molecule has 4 unspecified atom stereocenters. The molecule has 10 nitrogen and oxygen atoms in total. The molecule has 0 aromatic carbocycles. The number of aromatic nitrogens is 2. The van der Waals surface area contributed by atoms with Crippen molar-refractivity contribution in [2.45, 2.75) is 52.1 Å². The van der Waals surface area contributed by atoms with Crippen molar-refractivity contribution in [3.63, 3.8) is 0 Å². The predicted molar refractivity (Wildman–Crippen MR) is 86.8 cm³/mol. The van der Waals surface area contributed by atoms with Crippen LogP contribution in [0.2, 0.25) is 0 Å². The van der Waals surface area contributed by atoms with Crippen LogP contribution >= 0.6 is 0 Å². The van der Waals surface area contributed by atoms with Crippen LogP contribution < -0.4 is 5.32 Å². The Balaban J connectivity index is 1.68. The monoisotopic (exact) mass is 351 g/mol. The Kier molecular flexibility index (Phi) is 4.44. The van der Waals surface area contributed by atoms with Gasteiger partial charge >= 0.3 is 11.5 Å². The Hall–Kier alpha value is -2.52. The van der Waals surface area contributed by atoms with E-state index in [2.05, 4.69) is 10.4 Å². The lowest BCUT2D eigenvalue weighted by Crippen LogP contribution is -2.41. The van der Waals surface area contributed by atoms with E-state index >= 15 is 0 Å². The van der Waals surface area contributed by atoms with Gasteiger partial charge in [0.1, 0.15) is 12.2 Å². The zero-order valence-corrected chi connectivity index (χ0v) is 14.2. The third kappa shape index (κ3) is 3.20. The topological polar surface area (TPSA) is 133 Å². The van der Waals surface area contributed by atoms with Crippen LogP contribution in [-0.2, 0) is 11.3 Å². The molecule has 1 aromatic heterocycles. The number of amides is 1. The highest BCUT2D eigenvalue weighted by Gasteiger charge is 2.42. The van der Waals surface area contributed by atoms with Crippen molar-refractivity contribution in [3.05, 3.63) is 25.9 Å². The second kappa shape index (κ2) is 6.41. The second-order valence-electron chi connectivity index (χ2n) is 7.12. The fourth-order valence-electron chi connectivity index (χ4n) is 4.46. The van der Waals surface area contributed by atoms with Gasteiger partial charge in [0.25, 0.3) is 0 Å². The van der Waals surface area contributed by atoms with Gasteiger partial charge in [0, 0.05) is 6.04 Å². The third-order valence-electron chi connectivity index (χ3n) is 5.63. The fourth-order valence-corrected chi connectivity index (χ4v) is 4.46. The molecule has 25 heavy (non-hydrogen) atoms. The van der Waals surface area contributed by atoms with Crippen LogP contribution in [0.3, 0.4) is 0 Å². The molecule has 0 saturated heterocycles. The molecule has 2 aliphatic carbocycles. The number of nitrogens with one attached hydrogen (secondary N) is 1. The summed E-state index contributed by atoms with van der Waals surface area (Å²) in [6, 6.07) is 0.0173.